The van der Waals surface area contributed by atoms with Crippen LogP contribution < -0.4 is 0 Å². The molecule has 2 saturated heterocycles. The highest BCUT2D eigenvalue weighted by Crippen LogP contribution is 2.53. The molecular formula is C23H29FN2O. The van der Waals surface area contributed by atoms with Gasteiger partial charge in [0.2, 0.25) is 5.91 Å². The number of nitrogens with zero attached hydrogens (tertiary/aromatic N) is 1. The van der Waals surface area contributed by atoms with Crippen LogP contribution in [0.2, 0.25) is 0 Å². The summed E-state index contributed by atoms with van der Waals surface area (Å²) in [6, 6.07) is 8.57. The maximum absolute atomic E-state index is 15.0. The second-order valence-corrected chi connectivity index (χ2v) is 9.55. The minimum Gasteiger partial charge on any atom is -0.361 e. The second-order valence-electron chi connectivity index (χ2n) is 9.55. The summed E-state index contributed by atoms with van der Waals surface area (Å²) in [5, 5.41) is 1.21. The molecule has 2 saturated carbocycles. The molecule has 1 aromatic carbocycles. The number of carbonyl (C=O) groups excluding carboxylic acids is 1. The monoisotopic (exact) mass is 368 g/mol. The number of aromatic amines is 1. The average molecular weight is 368 g/mol. The Hall–Kier alpha value is -1.84. The van der Waals surface area contributed by atoms with Crippen molar-refractivity contribution in [1.82, 2.24) is 9.88 Å². The molecule has 4 fully saturated rings. The van der Waals surface area contributed by atoms with E-state index in [1.165, 1.54) is 10.9 Å². The molecule has 1 N–H and O–H groups in total. The number of hydrogen-bond acceptors (Lipinski definition) is 1. The molecule has 3 atom stereocenters. The van der Waals surface area contributed by atoms with Gasteiger partial charge in [-0.3, -0.25) is 4.79 Å². The van der Waals surface area contributed by atoms with E-state index >= 15 is 0 Å². The molecule has 0 radical (unpaired) electrons. The van der Waals surface area contributed by atoms with Gasteiger partial charge in [0, 0.05) is 48.4 Å². The molecule has 4 bridgehead atoms. The SMILES string of the molecule is CC(C)C(CC(=O)N1C2CC3CC1CC(F)(C3)C2)c1c[nH]c2ccccc12. The van der Waals surface area contributed by atoms with Crippen LogP contribution in [0.4, 0.5) is 4.39 Å². The average Bonchev–Trinajstić information content (AvgIpc) is 3.01. The molecule has 4 heteroatoms. The molecule has 6 rings (SSSR count). The summed E-state index contributed by atoms with van der Waals surface area (Å²) in [4.78, 5) is 18.8. The summed E-state index contributed by atoms with van der Waals surface area (Å²) in [5.41, 5.74) is 1.36. The van der Waals surface area contributed by atoms with E-state index in [0.717, 1.165) is 24.8 Å². The largest absolute Gasteiger partial charge is 0.361 e. The summed E-state index contributed by atoms with van der Waals surface area (Å²) >= 11 is 0. The lowest BCUT2D eigenvalue weighted by Gasteiger charge is -2.58. The molecule has 27 heavy (non-hydrogen) atoms. The van der Waals surface area contributed by atoms with Crippen molar-refractivity contribution in [1.29, 1.82) is 0 Å². The van der Waals surface area contributed by atoms with E-state index in [2.05, 4.69) is 48.1 Å². The molecule has 0 spiro atoms. The number of amides is 1. The molecule has 4 aliphatic rings. The van der Waals surface area contributed by atoms with Crippen LogP contribution >= 0.6 is 0 Å². The third kappa shape index (κ3) is 2.79. The summed E-state index contributed by atoms with van der Waals surface area (Å²) in [5.74, 6) is 1.28. The number of carbonyl (C=O) groups is 1. The highest BCUT2D eigenvalue weighted by atomic mass is 19.1. The number of H-pyrrole nitrogens is 1. The van der Waals surface area contributed by atoms with Crippen LogP contribution in [-0.2, 0) is 4.79 Å². The second kappa shape index (κ2) is 6.08. The van der Waals surface area contributed by atoms with E-state index < -0.39 is 5.67 Å². The van der Waals surface area contributed by atoms with Crippen LogP contribution in [0.25, 0.3) is 10.9 Å². The van der Waals surface area contributed by atoms with Crippen molar-refractivity contribution in [2.45, 2.75) is 76.0 Å². The van der Waals surface area contributed by atoms with Crippen LogP contribution in [0, 0.1) is 11.8 Å². The van der Waals surface area contributed by atoms with Crippen LogP contribution in [0.1, 0.15) is 63.9 Å². The summed E-state index contributed by atoms with van der Waals surface area (Å²) in [7, 11) is 0. The van der Waals surface area contributed by atoms with Crippen LogP contribution in [-0.4, -0.2) is 33.5 Å². The lowest BCUT2D eigenvalue weighted by atomic mass is 9.62. The minimum atomic E-state index is -0.998. The minimum absolute atomic E-state index is 0.129. The number of fused-ring (bicyclic) bond motifs is 1. The van der Waals surface area contributed by atoms with Crippen LogP contribution in [0.15, 0.2) is 30.5 Å². The first kappa shape index (κ1) is 17.3. The van der Waals surface area contributed by atoms with Crippen molar-refractivity contribution in [3.63, 3.8) is 0 Å². The normalized spacial score (nSPS) is 33.2. The van der Waals surface area contributed by atoms with Crippen molar-refractivity contribution < 1.29 is 9.18 Å². The molecule has 2 aliphatic carbocycles. The van der Waals surface area contributed by atoms with Gasteiger partial charge in [0.05, 0.1) is 0 Å². The molecular weight excluding hydrogens is 339 g/mol. The zero-order valence-corrected chi connectivity index (χ0v) is 16.2. The van der Waals surface area contributed by atoms with Crippen molar-refractivity contribution in [2.24, 2.45) is 11.8 Å². The van der Waals surface area contributed by atoms with Gasteiger partial charge in [-0.2, -0.15) is 0 Å². The van der Waals surface area contributed by atoms with E-state index in [-0.39, 0.29) is 23.9 Å². The highest BCUT2D eigenvalue weighted by molar-refractivity contribution is 5.85. The highest BCUT2D eigenvalue weighted by Gasteiger charge is 2.56. The maximum Gasteiger partial charge on any atom is 0.223 e. The Morgan fingerprint density at radius 3 is 2.59 bits per heavy atom. The quantitative estimate of drug-likeness (QED) is 0.793. The number of hydrogen-bond donors (Lipinski definition) is 1. The van der Waals surface area contributed by atoms with Gasteiger partial charge in [-0.05, 0) is 48.6 Å². The zero-order valence-electron chi connectivity index (χ0n) is 16.2. The fourth-order valence-corrected chi connectivity index (χ4v) is 6.34. The first-order valence-corrected chi connectivity index (χ1v) is 10.5. The fraction of sp³-hybridized carbons (Fsp3) is 0.609. The molecule has 1 aromatic heterocycles. The summed E-state index contributed by atoms with van der Waals surface area (Å²) in [6.45, 7) is 4.39. The number of alkyl halides is 1. The molecule has 3 nitrogen and oxygen atoms in total. The number of benzene rings is 1. The Balaban J connectivity index is 1.40. The molecule has 1 amide bonds. The number of aromatic nitrogens is 1. The van der Waals surface area contributed by atoms with E-state index in [0.29, 0.717) is 31.1 Å². The zero-order chi connectivity index (χ0) is 18.8. The van der Waals surface area contributed by atoms with Gasteiger partial charge in [-0.25, -0.2) is 4.39 Å². The van der Waals surface area contributed by atoms with Gasteiger partial charge >= 0.3 is 0 Å². The summed E-state index contributed by atoms with van der Waals surface area (Å²) < 4.78 is 15.0. The fourth-order valence-electron chi connectivity index (χ4n) is 6.34. The number of piperidine rings is 2. The van der Waals surface area contributed by atoms with Gasteiger partial charge in [0.25, 0.3) is 0 Å². The van der Waals surface area contributed by atoms with Crippen molar-refractivity contribution in [2.75, 3.05) is 0 Å². The third-order valence-corrected chi connectivity index (χ3v) is 7.36. The van der Waals surface area contributed by atoms with Crippen LogP contribution in [0.5, 0.6) is 0 Å². The number of para-hydroxylation sites is 1. The first-order valence-electron chi connectivity index (χ1n) is 10.5. The third-order valence-electron chi connectivity index (χ3n) is 7.36. The Kier molecular flexibility index (Phi) is 3.89. The van der Waals surface area contributed by atoms with Gasteiger partial charge < -0.3 is 9.88 Å². The number of halogens is 1. The molecule has 3 heterocycles. The first-order chi connectivity index (χ1) is 12.9. The number of rotatable bonds is 4. The molecule has 2 aliphatic heterocycles. The van der Waals surface area contributed by atoms with Gasteiger partial charge in [-0.1, -0.05) is 32.0 Å². The maximum atomic E-state index is 15.0. The Morgan fingerprint density at radius 1 is 1.22 bits per heavy atom. The van der Waals surface area contributed by atoms with Gasteiger partial charge in [-0.15, -0.1) is 0 Å². The van der Waals surface area contributed by atoms with Crippen LogP contribution in [0.3, 0.4) is 0 Å². The van der Waals surface area contributed by atoms with Gasteiger partial charge in [0.1, 0.15) is 5.67 Å². The lowest BCUT2D eigenvalue weighted by molar-refractivity contribution is -0.161. The van der Waals surface area contributed by atoms with E-state index in [4.69, 9.17) is 0 Å². The smallest absolute Gasteiger partial charge is 0.223 e. The predicted octanol–water partition coefficient (Wildman–Crippen LogP) is 5.18. The molecule has 2 aromatic rings. The van der Waals surface area contributed by atoms with Crippen molar-refractivity contribution in [3.05, 3.63) is 36.0 Å². The topological polar surface area (TPSA) is 36.1 Å². The van der Waals surface area contributed by atoms with E-state index in [9.17, 15) is 9.18 Å². The molecule has 3 unspecified atom stereocenters. The molecule has 144 valence electrons. The Bertz CT molecular complexity index is 856. The lowest BCUT2D eigenvalue weighted by Crippen LogP contribution is -2.64. The standard InChI is InChI=1S/C23H29FN2O/c1-14(2)19(20-13-25-21-6-4-3-5-18(20)21)9-22(27)26-16-7-15-8-17(26)12-23(24,10-15)11-16/h3-6,13-17,19,25H,7-12H2,1-2H3. The van der Waals surface area contributed by atoms with E-state index in [1.54, 1.807) is 0 Å². The summed E-state index contributed by atoms with van der Waals surface area (Å²) in [6.07, 6.45) is 6.46. The van der Waals surface area contributed by atoms with Crippen molar-refractivity contribution in [3.8, 4) is 0 Å². The van der Waals surface area contributed by atoms with Gasteiger partial charge in [0.15, 0.2) is 0 Å². The predicted molar refractivity (Wildman–Crippen MR) is 105 cm³/mol. The van der Waals surface area contributed by atoms with E-state index in [1.807, 2.05) is 6.07 Å². The Labute approximate surface area is 160 Å². The Morgan fingerprint density at radius 2 is 1.93 bits per heavy atom. The van der Waals surface area contributed by atoms with Crippen molar-refractivity contribution >= 4 is 16.8 Å². The number of nitrogens with one attached hydrogen (secondary N) is 1.